The lowest BCUT2D eigenvalue weighted by atomic mass is 10.3. The molecule has 0 amide bonds. The van der Waals surface area contributed by atoms with Gasteiger partial charge in [0.1, 0.15) is 0 Å². The third-order valence-corrected chi connectivity index (χ3v) is 2.57. The van der Waals surface area contributed by atoms with Crippen molar-refractivity contribution >= 4 is 0 Å². The molecular formula is C11H17N3O. The normalized spacial score (nSPS) is 15.5. The molecule has 0 radical (unpaired) electrons. The van der Waals surface area contributed by atoms with E-state index in [-0.39, 0.29) is 5.69 Å². The van der Waals surface area contributed by atoms with Crippen LogP contribution in [0.1, 0.15) is 24.8 Å². The van der Waals surface area contributed by atoms with Crippen LogP contribution in [0.25, 0.3) is 0 Å². The molecule has 0 aliphatic heterocycles. The first kappa shape index (κ1) is 10.4. The Morgan fingerprint density at radius 2 is 2.40 bits per heavy atom. The van der Waals surface area contributed by atoms with Crippen LogP contribution < -0.4 is 11.0 Å². The summed E-state index contributed by atoms with van der Waals surface area (Å²) < 4.78 is 1.68. The molecule has 1 aliphatic rings. The summed E-state index contributed by atoms with van der Waals surface area (Å²) in [6.45, 7) is 3.70. The summed E-state index contributed by atoms with van der Waals surface area (Å²) >= 11 is 0. The maximum atomic E-state index is 11.3. The van der Waals surface area contributed by atoms with Crippen molar-refractivity contribution < 1.29 is 0 Å². The molecule has 82 valence electrons. The predicted molar refractivity (Wildman–Crippen MR) is 58.9 cm³/mol. The molecule has 4 nitrogen and oxygen atoms in total. The molecule has 0 unspecified atom stereocenters. The van der Waals surface area contributed by atoms with Gasteiger partial charge in [-0.25, -0.2) is 9.78 Å². The maximum Gasteiger partial charge on any atom is 0.347 e. The molecular weight excluding hydrogens is 190 g/mol. The van der Waals surface area contributed by atoms with Gasteiger partial charge in [0.2, 0.25) is 0 Å². The number of hydrogen-bond acceptors (Lipinski definition) is 3. The highest BCUT2D eigenvalue weighted by Gasteiger charge is 2.19. The Morgan fingerprint density at radius 3 is 3.13 bits per heavy atom. The second-order valence-corrected chi connectivity index (χ2v) is 4.19. The van der Waals surface area contributed by atoms with Crippen LogP contribution in [0.4, 0.5) is 0 Å². The summed E-state index contributed by atoms with van der Waals surface area (Å²) in [7, 11) is 0. The lowest BCUT2D eigenvalue weighted by Crippen LogP contribution is -2.25. The Morgan fingerprint density at radius 1 is 1.60 bits per heavy atom. The molecule has 1 fully saturated rings. The van der Waals surface area contributed by atoms with Gasteiger partial charge in [0.15, 0.2) is 0 Å². The van der Waals surface area contributed by atoms with E-state index in [1.807, 2.05) is 13.1 Å². The van der Waals surface area contributed by atoms with Crippen molar-refractivity contribution in [1.82, 2.24) is 14.9 Å². The maximum absolute atomic E-state index is 11.3. The van der Waals surface area contributed by atoms with Gasteiger partial charge in [-0.3, -0.25) is 4.57 Å². The van der Waals surface area contributed by atoms with Crippen LogP contribution in [0.15, 0.2) is 17.2 Å². The molecule has 1 aromatic heterocycles. The SMILES string of the molecule is Cc1cnc(=O)n(CCCNC2CC2)c1. The number of aryl methyl sites for hydroxylation is 2. The van der Waals surface area contributed by atoms with Gasteiger partial charge in [0, 0.05) is 25.0 Å². The summed E-state index contributed by atoms with van der Waals surface area (Å²) in [6, 6.07) is 0.748. The van der Waals surface area contributed by atoms with Gasteiger partial charge in [-0.1, -0.05) is 0 Å². The van der Waals surface area contributed by atoms with E-state index in [0.29, 0.717) is 0 Å². The van der Waals surface area contributed by atoms with E-state index in [0.717, 1.165) is 31.1 Å². The van der Waals surface area contributed by atoms with Gasteiger partial charge < -0.3 is 5.32 Å². The quantitative estimate of drug-likeness (QED) is 0.723. The van der Waals surface area contributed by atoms with E-state index in [2.05, 4.69) is 10.3 Å². The second-order valence-electron chi connectivity index (χ2n) is 4.19. The van der Waals surface area contributed by atoms with Crippen LogP contribution in [0, 0.1) is 6.92 Å². The minimum atomic E-state index is -0.146. The molecule has 0 spiro atoms. The predicted octanol–water partition coefficient (Wildman–Crippen LogP) is 0.694. The first-order valence-corrected chi connectivity index (χ1v) is 5.52. The fourth-order valence-corrected chi connectivity index (χ4v) is 1.57. The van der Waals surface area contributed by atoms with E-state index in [1.165, 1.54) is 12.8 Å². The Balaban J connectivity index is 1.81. The second kappa shape index (κ2) is 4.57. The molecule has 0 saturated heterocycles. The summed E-state index contributed by atoms with van der Waals surface area (Å²) in [5, 5.41) is 3.43. The van der Waals surface area contributed by atoms with Crippen molar-refractivity contribution in [3.63, 3.8) is 0 Å². The Bertz CT molecular complexity index is 382. The van der Waals surface area contributed by atoms with Crippen LogP contribution in [0.2, 0.25) is 0 Å². The zero-order chi connectivity index (χ0) is 10.7. The third-order valence-electron chi connectivity index (χ3n) is 2.57. The van der Waals surface area contributed by atoms with Crippen molar-refractivity contribution in [2.45, 2.75) is 38.8 Å². The molecule has 1 saturated carbocycles. The lowest BCUT2D eigenvalue weighted by Gasteiger charge is -2.06. The molecule has 0 bridgehead atoms. The summed E-state index contributed by atoms with van der Waals surface area (Å²) in [4.78, 5) is 15.1. The minimum absolute atomic E-state index is 0.146. The van der Waals surface area contributed by atoms with Crippen molar-refractivity contribution in [3.05, 3.63) is 28.4 Å². The fourth-order valence-electron chi connectivity index (χ4n) is 1.57. The first-order valence-electron chi connectivity index (χ1n) is 5.52. The topological polar surface area (TPSA) is 46.9 Å². The van der Waals surface area contributed by atoms with Crippen LogP contribution in [-0.4, -0.2) is 22.1 Å². The largest absolute Gasteiger partial charge is 0.347 e. The highest BCUT2D eigenvalue weighted by Crippen LogP contribution is 2.18. The molecule has 0 atom stereocenters. The van der Waals surface area contributed by atoms with Gasteiger partial charge >= 0.3 is 5.69 Å². The molecule has 15 heavy (non-hydrogen) atoms. The monoisotopic (exact) mass is 207 g/mol. The standard InChI is InChI=1S/C11H17N3O/c1-9-7-13-11(15)14(8-9)6-2-5-12-10-3-4-10/h7-8,10,12H,2-6H2,1H3. The molecule has 1 aliphatic carbocycles. The van der Waals surface area contributed by atoms with Crippen molar-refractivity contribution in [1.29, 1.82) is 0 Å². The van der Waals surface area contributed by atoms with Crippen LogP contribution >= 0.6 is 0 Å². The average Bonchev–Trinajstić information content (AvgIpc) is 3.01. The summed E-state index contributed by atoms with van der Waals surface area (Å²) in [5.74, 6) is 0. The number of hydrogen-bond donors (Lipinski definition) is 1. The van der Waals surface area contributed by atoms with Gasteiger partial charge in [-0.15, -0.1) is 0 Å². The number of nitrogens with zero attached hydrogens (tertiary/aromatic N) is 2. The Hall–Kier alpha value is -1.16. The lowest BCUT2D eigenvalue weighted by molar-refractivity contribution is 0.559. The molecule has 0 aromatic carbocycles. The van der Waals surface area contributed by atoms with Gasteiger partial charge in [0.05, 0.1) is 0 Å². The van der Waals surface area contributed by atoms with Crippen molar-refractivity contribution in [2.75, 3.05) is 6.54 Å². The minimum Gasteiger partial charge on any atom is -0.314 e. The number of aromatic nitrogens is 2. The Labute approximate surface area is 89.3 Å². The number of rotatable bonds is 5. The molecule has 1 heterocycles. The number of nitrogens with one attached hydrogen (secondary N) is 1. The third kappa shape index (κ3) is 3.16. The van der Waals surface area contributed by atoms with Crippen LogP contribution in [0.5, 0.6) is 0 Å². The fraction of sp³-hybridized carbons (Fsp3) is 0.636. The molecule has 4 heteroatoms. The van der Waals surface area contributed by atoms with Gasteiger partial charge in [-0.05, 0) is 38.3 Å². The van der Waals surface area contributed by atoms with E-state index in [1.54, 1.807) is 10.8 Å². The zero-order valence-electron chi connectivity index (χ0n) is 9.07. The zero-order valence-corrected chi connectivity index (χ0v) is 9.07. The summed E-state index contributed by atoms with van der Waals surface area (Å²) in [5.41, 5.74) is 0.886. The van der Waals surface area contributed by atoms with E-state index >= 15 is 0 Å². The first-order chi connectivity index (χ1) is 7.25. The van der Waals surface area contributed by atoms with Gasteiger partial charge in [-0.2, -0.15) is 0 Å². The highest BCUT2D eigenvalue weighted by atomic mass is 16.1. The van der Waals surface area contributed by atoms with Gasteiger partial charge in [0.25, 0.3) is 0 Å². The van der Waals surface area contributed by atoms with E-state index < -0.39 is 0 Å². The molecule has 1 N–H and O–H groups in total. The van der Waals surface area contributed by atoms with Crippen LogP contribution in [0.3, 0.4) is 0 Å². The molecule has 2 rings (SSSR count). The highest BCUT2D eigenvalue weighted by molar-refractivity contribution is 4.99. The molecule has 1 aromatic rings. The average molecular weight is 207 g/mol. The van der Waals surface area contributed by atoms with E-state index in [9.17, 15) is 4.79 Å². The Kier molecular flexibility index (Phi) is 3.16. The van der Waals surface area contributed by atoms with Crippen molar-refractivity contribution in [2.24, 2.45) is 0 Å². The van der Waals surface area contributed by atoms with E-state index in [4.69, 9.17) is 0 Å². The smallest absolute Gasteiger partial charge is 0.314 e. The van der Waals surface area contributed by atoms with Crippen LogP contribution in [-0.2, 0) is 6.54 Å². The van der Waals surface area contributed by atoms with Crippen molar-refractivity contribution in [3.8, 4) is 0 Å². The summed E-state index contributed by atoms with van der Waals surface area (Å²) in [6.07, 6.45) is 7.09.